The van der Waals surface area contributed by atoms with Gasteiger partial charge in [0.1, 0.15) is 5.82 Å². The predicted octanol–water partition coefficient (Wildman–Crippen LogP) is 5.02. The number of anilines is 3. The van der Waals surface area contributed by atoms with Crippen LogP contribution in [0.15, 0.2) is 60.3 Å². The van der Waals surface area contributed by atoms with Crippen molar-refractivity contribution in [2.75, 3.05) is 35.2 Å². The number of ether oxygens (including phenoxy) is 1. The van der Waals surface area contributed by atoms with E-state index in [0.29, 0.717) is 23.9 Å². The maximum absolute atomic E-state index is 12.4. The highest BCUT2D eigenvalue weighted by Crippen LogP contribution is 2.25. The van der Waals surface area contributed by atoms with E-state index in [9.17, 15) is 9.59 Å². The lowest BCUT2D eigenvalue weighted by atomic mass is 9.98. The van der Waals surface area contributed by atoms with E-state index in [2.05, 4.69) is 20.5 Å². The number of hydrogen-bond acceptors (Lipinski definition) is 5. The highest BCUT2D eigenvalue weighted by molar-refractivity contribution is 6.06. The first-order valence-electron chi connectivity index (χ1n) is 10.9. The number of nitrogens with one attached hydrogen (secondary N) is 2. The van der Waals surface area contributed by atoms with Gasteiger partial charge in [-0.15, -0.1) is 12.4 Å². The van der Waals surface area contributed by atoms with E-state index >= 15 is 0 Å². The largest absolute Gasteiger partial charge is 0.449 e. The lowest BCUT2D eigenvalue weighted by Gasteiger charge is -2.32. The molecule has 2 heterocycles. The number of hydrogen-bond donors (Lipinski definition) is 2. The van der Waals surface area contributed by atoms with Crippen molar-refractivity contribution >= 4 is 41.6 Å². The number of aromatic nitrogens is 1. The summed E-state index contributed by atoms with van der Waals surface area (Å²) in [6.07, 6.45) is 7.92. The molecule has 2 aromatic rings. The molecule has 2 amide bonds. The Labute approximate surface area is 194 Å². The molecule has 7 nitrogen and oxygen atoms in total. The summed E-state index contributed by atoms with van der Waals surface area (Å²) in [5.74, 6) is 1.21. The molecule has 1 fully saturated rings. The summed E-state index contributed by atoms with van der Waals surface area (Å²) in [6.45, 7) is 2.18. The molecular formula is C24H29ClN4O3. The van der Waals surface area contributed by atoms with Crippen LogP contribution in [0.3, 0.4) is 0 Å². The molecule has 32 heavy (non-hydrogen) atoms. The van der Waals surface area contributed by atoms with Crippen molar-refractivity contribution in [3.05, 3.63) is 60.3 Å². The molecule has 1 aromatic heterocycles. The monoisotopic (exact) mass is 456 g/mol. The van der Waals surface area contributed by atoms with Gasteiger partial charge in [0.05, 0.1) is 18.0 Å². The van der Waals surface area contributed by atoms with Gasteiger partial charge in [-0.25, -0.2) is 9.78 Å². The number of carbonyl (C=O) groups excluding carboxylic acids is 2. The summed E-state index contributed by atoms with van der Waals surface area (Å²) < 4.78 is 5.48. The van der Waals surface area contributed by atoms with Gasteiger partial charge in [0.15, 0.2) is 0 Å². The fourth-order valence-electron chi connectivity index (χ4n) is 3.99. The number of nitrogens with zero attached hydrogens (tertiary/aromatic N) is 2. The second-order valence-corrected chi connectivity index (χ2v) is 7.96. The first kappa shape index (κ1) is 23.6. The minimum atomic E-state index is -0.506. The summed E-state index contributed by atoms with van der Waals surface area (Å²) in [5, 5.41) is 5.66. The topological polar surface area (TPSA) is 83.6 Å². The highest BCUT2D eigenvalue weighted by Gasteiger charge is 2.22. The first-order chi connectivity index (χ1) is 15.2. The molecule has 0 spiro atoms. The van der Waals surface area contributed by atoms with Crippen LogP contribution in [0.2, 0.25) is 0 Å². The van der Waals surface area contributed by atoms with Crippen LogP contribution in [0.25, 0.3) is 0 Å². The number of rotatable bonds is 6. The summed E-state index contributed by atoms with van der Waals surface area (Å²) in [4.78, 5) is 31.4. The Morgan fingerprint density at radius 2 is 1.75 bits per heavy atom. The molecule has 0 atom stereocenters. The molecule has 2 aliphatic rings. The van der Waals surface area contributed by atoms with Crippen molar-refractivity contribution in [2.45, 2.75) is 32.1 Å². The number of piperidine rings is 1. The van der Waals surface area contributed by atoms with Crippen molar-refractivity contribution in [2.24, 2.45) is 5.92 Å². The zero-order chi connectivity index (χ0) is 21.5. The third-order valence-corrected chi connectivity index (χ3v) is 5.78. The minimum Gasteiger partial charge on any atom is -0.449 e. The number of halogens is 1. The lowest BCUT2D eigenvalue weighted by molar-refractivity contribution is -0.112. The first-order valence-corrected chi connectivity index (χ1v) is 10.9. The minimum absolute atomic E-state index is 0. The van der Waals surface area contributed by atoms with E-state index in [0.717, 1.165) is 56.6 Å². The number of carbonyl (C=O) groups is 2. The lowest BCUT2D eigenvalue weighted by Crippen LogP contribution is -2.36. The normalized spacial score (nSPS) is 16.0. The molecular weight excluding hydrogens is 428 g/mol. The molecule has 2 N–H and O–H groups in total. The van der Waals surface area contributed by atoms with E-state index in [4.69, 9.17) is 4.74 Å². The molecule has 170 valence electrons. The van der Waals surface area contributed by atoms with Gasteiger partial charge in [-0.2, -0.15) is 0 Å². The Morgan fingerprint density at radius 3 is 2.41 bits per heavy atom. The molecule has 0 radical (unpaired) electrons. The fraction of sp³-hybridized carbons (Fsp3) is 0.375. The van der Waals surface area contributed by atoms with Gasteiger partial charge in [0.25, 0.3) is 5.91 Å². The average molecular weight is 457 g/mol. The van der Waals surface area contributed by atoms with Gasteiger partial charge in [-0.3, -0.25) is 10.1 Å². The molecule has 8 heteroatoms. The van der Waals surface area contributed by atoms with E-state index in [1.807, 2.05) is 36.4 Å². The third kappa shape index (κ3) is 6.23. The van der Waals surface area contributed by atoms with Crippen LogP contribution in [-0.4, -0.2) is 36.7 Å². The van der Waals surface area contributed by atoms with Crippen molar-refractivity contribution in [3.8, 4) is 0 Å². The Bertz CT molecular complexity index is 943. The fourth-order valence-corrected chi connectivity index (χ4v) is 3.99. The number of para-hydroxylation sites is 2. The van der Waals surface area contributed by atoms with Crippen LogP contribution in [0.4, 0.5) is 22.0 Å². The SMILES string of the molecule is Cl.O=C(Nc1ccccc1NC(=O)C1=CCCC1)OCC1CCN(c2ccccn2)CC1. The molecule has 1 aliphatic heterocycles. The van der Waals surface area contributed by atoms with Crippen LogP contribution in [0.1, 0.15) is 32.1 Å². The maximum atomic E-state index is 12.4. The molecule has 1 aromatic carbocycles. The summed E-state index contributed by atoms with van der Waals surface area (Å²) >= 11 is 0. The smallest absolute Gasteiger partial charge is 0.411 e. The second-order valence-electron chi connectivity index (χ2n) is 7.96. The summed E-state index contributed by atoms with van der Waals surface area (Å²) in [5.41, 5.74) is 1.90. The van der Waals surface area contributed by atoms with Gasteiger partial charge in [0.2, 0.25) is 0 Å². The van der Waals surface area contributed by atoms with E-state index in [1.165, 1.54) is 0 Å². The Hall–Kier alpha value is -3.06. The molecule has 1 aliphatic carbocycles. The van der Waals surface area contributed by atoms with Crippen molar-refractivity contribution in [1.82, 2.24) is 4.98 Å². The summed E-state index contributed by atoms with van der Waals surface area (Å²) in [7, 11) is 0. The summed E-state index contributed by atoms with van der Waals surface area (Å²) in [6, 6.07) is 13.1. The van der Waals surface area contributed by atoms with Gasteiger partial charge < -0.3 is 15.0 Å². The number of benzene rings is 1. The van der Waals surface area contributed by atoms with Crippen LogP contribution < -0.4 is 15.5 Å². The Morgan fingerprint density at radius 1 is 1.03 bits per heavy atom. The zero-order valence-corrected chi connectivity index (χ0v) is 18.8. The van der Waals surface area contributed by atoms with Crippen molar-refractivity contribution in [3.63, 3.8) is 0 Å². The standard InChI is InChI=1S/C24H28N4O3.ClH/c29-23(19-7-1-2-8-19)26-20-9-3-4-10-21(20)27-24(30)31-17-18-12-15-28(16-13-18)22-11-5-6-14-25-22;/h3-7,9-11,14,18H,1-2,8,12-13,15-17H2,(H,26,29)(H,27,30);1H. The number of allylic oxidation sites excluding steroid dienone is 1. The Balaban J connectivity index is 0.00000289. The quantitative estimate of drug-likeness (QED) is 0.637. The van der Waals surface area contributed by atoms with Crippen molar-refractivity contribution < 1.29 is 14.3 Å². The molecule has 0 saturated carbocycles. The Kier molecular flexibility index (Phi) is 8.50. The van der Waals surface area contributed by atoms with Crippen LogP contribution in [0, 0.1) is 5.92 Å². The second kappa shape index (κ2) is 11.5. The van der Waals surface area contributed by atoms with Crippen molar-refractivity contribution in [1.29, 1.82) is 0 Å². The molecule has 0 bridgehead atoms. The van der Waals surface area contributed by atoms with Gasteiger partial charge >= 0.3 is 6.09 Å². The number of amides is 2. The number of pyridine rings is 1. The van der Waals surface area contributed by atoms with Gasteiger partial charge in [0, 0.05) is 24.9 Å². The van der Waals surface area contributed by atoms with Crippen LogP contribution >= 0.6 is 12.4 Å². The van der Waals surface area contributed by atoms with Crippen LogP contribution in [0.5, 0.6) is 0 Å². The van der Waals surface area contributed by atoms with E-state index < -0.39 is 6.09 Å². The van der Waals surface area contributed by atoms with Crippen LogP contribution in [-0.2, 0) is 9.53 Å². The molecule has 0 unspecified atom stereocenters. The average Bonchev–Trinajstić information content (AvgIpc) is 3.35. The maximum Gasteiger partial charge on any atom is 0.411 e. The predicted molar refractivity (Wildman–Crippen MR) is 128 cm³/mol. The molecule has 4 rings (SSSR count). The zero-order valence-electron chi connectivity index (χ0n) is 18.0. The molecule has 1 saturated heterocycles. The van der Waals surface area contributed by atoms with Gasteiger partial charge in [-0.1, -0.05) is 24.3 Å². The van der Waals surface area contributed by atoms with E-state index in [-0.39, 0.29) is 18.3 Å². The third-order valence-electron chi connectivity index (χ3n) is 5.78. The van der Waals surface area contributed by atoms with Gasteiger partial charge in [-0.05, 0) is 62.3 Å². The highest BCUT2D eigenvalue weighted by atomic mass is 35.5. The van der Waals surface area contributed by atoms with E-state index in [1.54, 1.807) is 18.3 Å².